The van der Waals surface area contributed by atoms with E-state index in [4.69, 9.17) is 0 Å². The average Bonchev–Trinajstić information content (AvgIpc) is 2.96. The molecule has 3 rings (SSSR count). The molecule has 2 aliphatic heterocycles. The van der Waals surface area contributed by atoms with Gasteiger partial charge in [0.15, 0.2) is 0 Å². The number of rotatable bonds is 1. The summed E-state index contributed by atoms with van der Waals surface area (Å²) in [5, 5.41) is 5.84. The Morgan fingerprint density at radius 2 is 2.20 bits per heavy atom. The molecule has 2 saturated heterocycles. The fourth-order valence-corrected chi connectivity index (χ4v) is 3.21. The fraction of sp³-hybridized carbons (Fsp3) is 0.500. The Hall–Kier alpha value is -1.69. The highest BCUT2D eigenvalue weighted by Gasteiger charge is 2.43. The van der Waals surface area contributed by atoms with Crippen LogP contribution in [-0.2, 0) is 0 Å². The number of carbonyl (C=O) groups is 1. The van der Waals surface area contributed by atoms with Gasteiger partial charge < -0.3 is 15.5 Å². The third-order valence-electron chi connectivity index (χ3n) is 4.37. The molecule has 4 nitrogen and oxygen atoms in total. The van der Waals surface area contributed by atoms with Crippen LogP contribution >= 0.6 is 0 Å². The summed E-state index contributed by atoms with van der Waals surface area (Å²) in [6.45, 7) is 4.52. The summed E-state index contributed by atoms with van der Waals surface area (Å²) in [6, 6.07) is 2.94. The largest absolute Gasteiger partial charge is 0.322 e. The lowest BCUT2D eigenvalue weighted by molar-refractivity contribution is 0.203. The Kier molecular flexibility index (Phi) is 3.33. The highest BCUT2D eigenvalue weighted by molar-refractivity contribution is 5.89. The molecule has 0 spiro atoms. The molecule has 6 heteroatoms. The van der Waals surface area contributed by atoms with E-state index in [1.54, 1.807) is 4.90 Å². The minimum Gasteiger partial charge on any atom is -0.321 e. The van der Waals surface area contributed by atoms with E-state index in [1.807, 2.05) is 6.92 Å². The smallest absolute Gasteiger partial charge is 0.321 e. The molecule has 1 aromatic rings. The Morgan fingerprint density at radius 1 is 1.40 bits per heavy atom. The maximum absolute atomic E-state index is 13.5. The molecular weight excluding hydrogens is 264 g/mol. The van der Waals surface area contributed by atoms with Gasteiger partial charge in [-0.15, -0.1) is 0 Å². The molecule has 20 heavy (non-hydrogen) atoms. The maximum Gasteiger partial charge on any atom is 0.322 e. The van der Waals surface area contributed by atoms with Crippen molar-refractivity contribution in [3.05, 3.63) is 29.8 Å². The number of halogens is 2. The van der Waals surface area contributed by atoms with Crippen LogP contribution in [0.2, 0.25) is 0 Å². The lowest BCUT2D eigenvalue weighted by Crippen LogP contribution is -2.40. The highest BCUT2D eigenvalue weighted by atomic mass is 19.1. The first-order chi connectivity index (χ1) is 9.56. The molecule has 0 bridgehead atoms. The molecule has 3 atom stereocenters. The monoisotopic (exact) mass is 281 g/mol. The molecule has 2 amide bonds. The topological polar surface area (TPSA) is 44.4 Å². The second kappa shape index (κ2) is 5.01. The van der Waals surface area contributed by atoms with E-state index >= 15 is 0 Å². The summed E-state index contributed by atoms with van der Waals surface area (Å²) in [5.74, 6) is -0.490. The Balaban J connectivity index is 1.70. The number of hydrogen-bond donors (Lipinski definition) is 2. The van der Waals surface area contributed by atoms with Crippen LogP contribution in [0.3, 0.4) is 0 Å². The summed E-state index contributed by atoms with van der Waals surface area (Å²) < 4.78 is 26.4. The number of carbonyl (C=O) groups excluding carboxylic acids is 1. The van der Waals surface area contributed by atoms with Gasteiger partial charge in [0.05, 0.1) is 5.69 Å². The van der Waals surface area contributed by atoms with Crippen LogP contribution in [-0.4, -0.2) is 36.6 Å². The van der Waals surface area contributed by atoms with Crippen molar-refractivity contribution in [2.75, 3.05) is 25.0 Å². The molecule has 1 aromatic carbocycles. The van der Waals surface area contributed by atoms with Gasteiger partial charge in [-0.1, -0.05) is 0 Å². The van der Waals surface area contributed by atoms with Crippen LogP contribution in [0.4, 0.5) is 19.3 Å². The third-order valence-corrected chi connectivity index (χ3v) is 4.37. The van der Waals surface area contributed by atoms with Crippen LogP contribution < -0.4 is 10.6 Å². The predicted molar refractivity (Wildman–Crippen MR) is 71.4 cm³/mol. The SMILES string of the molecule is CC1C2CNCC2CN1C(=O)Nc1ccc(F)cc1F. The maximum atomic E-state index is 13.5. The van der Waals surface area contributed by atoms with E-state index in [0.717, 1.165) is 25.2 Å². The number of urea groups is 1. The molecule has 2 aliphatic rings. The predicted octanol–water partition coefficient (Wildman–Crippen LogP) is 2.04. The van der Waals surface area contributed by atoms with Gasteiger partial charge in [0, 0.05) is 31.7 Å². The molecule has 0 saturated carbocycles. The lowest BCUT2D eigenvalue weighted by Gasteiger charge is -2.24. The minimum absolute atomic E-state index is 0.0128. The number of amides is 2. The standard InChI is InChI=1S/C14H17F2N3O/c1-8-11-6-17-5-9(11)7-19(8)14(20)18-13-3-2-10(15)4-12(13)16/h2-4,8-9,11,17H,5-7H2,1H3,(H,18,20). The normalized spacial score (nSPS) is 28.6. The molecular formula is C14H17F2N3O. The van der Waals surface area contributed by atoms with Crippen molar-refractivity contribution in [2.45, 2.75) is 13.0 Å². The van der Waals surface area contributed by atoms with E-state index in [9.17, 15) is 13.6 Å². The molecule has 108 valence electrons. The average molecular weight is 281 g/mol. The number of nitrogens with zero attached hydrogens (tertiary/aromatic N) is 1. The number of nitrogens with one attached hydrogen (secondary N) is 2. The van der Waals surface area contributed by atoms with Crippen molar-refractivity contribution in [2.24, 2.45) is 11.8 Å². The zero-order valence-electron chi connectivity index (χ0n) is 11.2. The van der Waals surface area contributed by atoms with E-state index in [-0.39, 0.29) is 17.8 Å². The molecule has 0 aliphatic carbocycles. The quantitative estimate of drug-likeness (QED) is 0.827. The van der Waals surface area contributed by atoms with Gasteiger partial charge in [0.1, 0.15) is 11.6 Å². The van der Waals surface area contributed by atoms with Gasteiger partial charge in [-0.25, -0.2) is 13.6 Å². The number of likely N-dealkylation sites (tertiary alicyclic amines) is 1. The highest BCUT2D eigenvalue weighted by Crippen LogP contribution is 2.32. The molecule has 2 fully saturated rings. The summed E-state index contributed by atoms with van der Waals surface area (Å²) in [4.78, 5) is 14.0. The Morgan fingerprint density at radius 3 is 2.90 bits per heavy atom. The fourth-order valence-electron chi connectivity index (χ4n) is 3.21. The van der Waals surface area contributed by atoms with Crippen LogP contribution in [0.1, 0.15) is 6.92 Å². The van der Waals surface area contributed by atoms with Gasteiger partial charge >= 0.3 is 6.03 Å². The van der Waals surface area contributed by atoms with Crippen molar-refractivity contribution in [3.63, 3.8) is 0 Å². The first-order valence-corrected chi connectivity index (χ1v) is 6.79. The third kappa shape index (κ3) is 2.24. The summed E-state index contributed by atoms with van der Waals surface area (Å²) in [6.07, 6.45) is 0. The zero-order valence-corrected chi connectivity index (χ0v) is 11.2. The lowest BCUT2D eigenvalue weighted by atomic mass is 9.95. The van der Waals surface area contributed by atoms with Gasteiger partial charge in [0.2, 0.25) is 0 Å². The van der Waals surface area contributed by atoms with E-state index in [2.05, 4.69) is 10.6 Å². The van der Waals surface area contributed by atoms with E-state index < -0.39 is 11.6 Å². The van der Waals surface area contributed by atoms with Crippen molar-refractivity contribution < 1.29 is 13.6 Å². The first kappa shape index (κ1) is 13.3. The van der Waals surface area contributed by atoms with Crippen LogP contribution in [0.5, 0.6) is 0 Å². The van der Waals surface area contributed by atoms with Crippen LogP contribution in [0, 0.1) is 23.5 Å². The van der Waals surface area contributed by atoms with Gasteiger partial charge in [0.25, 0.3) is 0 Å². The number of anilines is 1. The second-order valence-corrected chi connectivity index (χ2v) is 5.53. The second-order valence-electron chi connectivity index (χ2n) is 5.53. The van der Waals surface area contributed by atoms with E-state index in [0.29, 0.717) is 18.4 Å². The van der Waals surface area contributed by atoms with Crippen molar-refractivity contribution in [1.29, 1.82) is 0 Å². The molecule has 2 N–H and O–H groups in total. The van der Waals surface area contributed by atoms with Crippen molar-refractivity contribution in [1.82, 2.24) is 10.2 Å². The molecule has 2 heterocycles. The summed E-state index contributed by atoms with van der Waals surface area (Å²) >= 11 is 0. The molecule has 0 radical (unpaired) electrons. The summed E-state index contributed by atoms with van der Waals surface area (Å²) in [5.41, 5.74) is 0.0128. The molecule has 3 unspecified atom stereocenters. The Labute approximate surface area is 116 Å². The zero-order chi connectivity index (χ0) is 14.3. The van der Waals surface area contributed by atoms with Gasteiger partial charge in [-0.05, 0) is 30.9 Å². The number of benzene rings is 1. The number of fused-ring (bicyclic) bond motifs is 1. The van der Waals surface area contributed by atoms with Crippen molar-refractivity contribution in [3.8, 4) is 0 Å². The van der Waals surface area contributed by atoms with Gasteiger partial charge in [-0.3, -0.25) is 0 Å². The van der Waals surface area contributed by atoms with Crippen molar-refractivity contribution >= 4 is 11.7 Å². The Bertz CT molecular complexity index is 537. The van der Waals surface area contributed by atoms with E-state index in [1.165, 1.54) is 6.07 Å². The van der Waals surface area contributed by atoms with Crippen LogP contribution in [0.25, 0.3) is 0 Å². The minimum atomic E-state index is -0.757. The van der Waals surface area contributed by atoms with Gasteiger partial charge in [-0.2, -0.15) is 0 Å². The molecule has 0 aromatic heterocycles. The first-order valence-electron chi connectivity index (χ1n) is 6.79. The van der Waals surface area contributed by atoms with Crippen LogP contribution in [0.15, 0.2) is 18.2 Å². The summed E-state index contributed by atoms with van der Waals surface area (Å²) in [7, 11) is 0. The number of hydrogen-bond acceptors (Lipinski definition) is 2.